The standard InChI is InChI=1S/C25H24Cl2N4O4S/c1-4-21-30-31-23(28)17(24(32)29-25(31)36-21)11-15-12-19(27)22(20(13-15)33-5-2)35-9-8-34-16-6-7-18(26)14(3)10-16/h6-7,10-13,28H,4-5,8-9H2,1-3H3/b17-11-,28-23?. The lowest BCUT2D eigenvalue weighted by Gasteiger charge is -2.20. The topological polar surface area (TPSA) is 96.6 Å². The highest BCUT2D eigenvalue weighted by Gasteiger charge is 2.35. The van der Waals surface area contributed by atoms with Crippen LogP contribution >= 0.6 is 35.0 Å². The smallest absolute Gasteiger partial charge is 0.283 e. The largest absolute Gasteiger partial charge is 0.490 e. The molecule has 2 heterocycles. The number of thioether (sulfide) groups is 1. The lowest BCUT2D eigenvalue weighted by atomic mass is 10.1. The average Bonchev–Trinajstić information content (AvgIpc) is 3.26. The molecular formula is C25H24Cl2N4O4S. The lowest BCUT2D eigenvalue weighted by Crippen LogP contribution is -2.35. The number of hydrazone groups is 1. The molecule has 1 amide bonds. The highest BCUT2D eigenvalue weighted by Crippen LogP contribution is 2.38. The summed E-state index contributed by atoms with van der Waals surface area (Å²) in [6.07, 6.45) is 2.25. The van der Waals surface area contributed by atoms with Crippen LogP contribution < -0.4 is 14.2 Å². The zero-order valence-corrected chi connectivity index (χ0v) is 22.3. The Morgan fingerprint density at radius 1 is 1.08 bits per heavy atom. The second-order valence-electron chi connectivity index (χ2n) is 7.74. The molecule has 0 atom stereocenters. The maximum absolute atomic E-state index is 12.6. The number of nitrogens with one attached hydrogen (secondary N) is 1. The minimum absolute atomic E-state index is 0.0371. The van der Waals surface area contributed by atoms with Gasteiger partial charge in [-0.3, -0.25) is 10.2 Å². The maximum atomic E-state index is 12.6. The van der Waals surface area contributed by atoms with E-state index in [-0.39, 0.29) is 24.6 Å². The summed E-state index contributed by atoms with van der Waals surface area (Å²) in [4.78, 5) is 16.7. The van der Waals surface area contributed by atoms with Crippen molar-refractivity contribution in [2.75, 3.05) is 19.8 Å². The summed E-state index contributed by atoms with van der Waals surface area (Å²) in [7, 11) is 0. The van der Waals surface area contributed by atoms with Crippen molar-refractivity contribution in [1.82, 2.24) is 5.01 Å². The highest BCUT2D eigenvalue weighted by atomic mass is 35.5. The number of amides is 1. The number of aliphatic imine (C=N–C) groups is 1. The molecular weight excluding hydrogens is 523 g/mol. The van der Waals surface area contributed by atoms with Crippen LogP contribution in [0.25, 0.3) is 6.08 Å². The van der Waals surface area contributed by atoms with Gasteiger partial charge in [0.15, 0.2) is 17.3 Å². The first kappa shape index (κ1) is 26.1. The molecule has 0 aromatic heterocycles. The third-order valence-corrected chi connectivity index (χ3v) is 6.93. The number of benzene rings is 2. The van der Waals surface area contributed by atoms with Gasteiger partial charge in [0.05, 0.1) is 17.2 Å². The lowest BCUT2D eigenvalue weighted by molar-refractivity contribution is -0.114. The van der Waals surface area contributed by atoms with Crippen molar-refractivity contribution in [2.24, 2.45) is 10.1 Å². The SMILES string of the molecule is CCOc1cc(/C=C2/C(=N)N3N=C(CC)SC3=NC2=O)cc(Cl)c1OCCOc1ccc(Cl)c(C)c1. The Morgan fingerprint density at radius 2 is 1.86 bits per heavy atom. The van der Waals surface area contributed by atoms with Gasteiger partial charge in [-0.1, -0.05) is 30.1 Å². The van der Waals surface area contributed by atoms with Gasteiger partial charge >= 0.3 is 0 Å². The average molecular weight is 547 g/mol. The van der Waals surface area contributed by atoms with Gasteiger partial charge in [-0.05, 0) is 79.6 Å². The molecule has 188 valence electrons. The Hall–Kier alpha value is -3.01. The van der Waals surface area contributed by atoms with Crippen LogP contribution in [-0.2, 0) is 4.79 Å². The molecule has 1 N–H and O–H groups in total. The zero-order chi connectivity index (χ0) is 25.8. The summed E-state index contributed by atoms with van der Waals surface area (Å²) in [5.41, 5.74) is 1.61. The first-order chi connectivity index (χ1) is 17.3. The monoisotopic (exact) mass is 546 g/mol. The van der Waals surface area contributed by atoms with E-state index >= 15 is 0 Å². The number of hydrogen-bond donors (Lipinski definition) is 1. The van der Waals surface area contributed by atoms with Crippen LogP contribution in [0, 0.1) is 12.3 Å². The van der Waals surface area contributed by atoms with Crippen LogP contribution in [-0.4, -0.2) is 46.8 Å². The Morgan fingerprint density at radius 3 is 2.58 bits per heavy atom. The fourth-order valence-electron chi connectivity index (χ4n) is 3.43. The van der Waals surface area contributed by atoms with Crippen LogP contribution in [0.3, 0.4) is 0 Å². The summed E-state index contributed by atoms with van der Waals surface area (Å²) >= 11 is 13.9. The predicted molar refractivity (Wildman–Crippen MR) is 145 cm³/mol. The van der Waals surface area contributed by atoms with E-state index in [2.05, 4.69) is 10.1 Å². The van der Waals surface area contributed by atoms with Crippen molar-refractivity contribution >= 4 is 63.0 Å². The second-order valence-corrected chi connectivity index (χ2v) is 9.59. The fraction of sp³-hybridized carbons (Fsp3) is 0.280. The van der Waals surface area contributed by atoms with Crippen LogP contribution in [0.15, 0.2) is 46.0 Å². The summed E-state index contributed by atoms with van der Waals surface area (Å²) in [6.45, 7) is 6.61. The molecule has 36 heavy (non-hydrogen) atoms. The summed E-state index contributed by atoms with van der Waals surface area (Å²) in [5.74, 6) is 0.937. The van der Waals surface area contributed by atoms with Crippen molar-refractivity contribution in [1.29, 1.82) is 5.41 Å². The number of nitrogens with zero attached hydrogens (tertiary/aromatic N) is 3. The van der Waals surface area contributed by atoms with Crippen molar-refractivity contribution in [3.8, 4) is 17.2 Å². The van der Waals surface area contributed by atoms with Gasteiger partial charge in [0, 0.05) is 5.02 Å². The molecule has 0 unspecified atom stereocenters. The molecule has 0 spiro atoms. The predicted octanol–water partition coefficient (Wildman–Crippen LogP) is 6.19. The first-order valence-corrected chi connectivity index (χ1v) is 12.8. The minimum Gasteiger partial charge on any atom is -0.490 e. The normalized spacial score (nSPS) is 16.1. The second kappa shape index (κ2) is 11.4. The molecule has 0 saturated heterocycles. The number of amidine groups is 2. The highest BCUT2D eigenvalue weighted by molar-refractivity contribution is 8.26. The molecule has 2 aliphatic heterocycles. The number of rotatable bonds is 9. The molecule has 2 aromatic carbocycles. The number of carbonyl (C=O) groups is 1. The van der Waals surface area contributed by atoms with Gasteiger partial charge in [-0.15, -0.1) is 0 Å². The van der Waals surface area contributed by atoms with Crippen molar-refractivity contribution < 1.29 is 19.0 Å². The van der Waals surface area contributed by atoms with Crippen LogP contribution in [0.4, 0.5) is 0 Å². The number of fused-ring (bicyclic) bond motifs is 1. The minimum atomic E-state index is -0.504. The molecule has 0 bridgehead atoms. The first-order valence-electron chi connectivity index (χ1n) is 11.3. The quantitative estimate of drug-likeness (QED) is 0.297. The number of halogens is 2. The Balaban J connectivity index is 1.50. The van der Waals surface area contributed by atoms with E-state index in [4.69, 9.17) is 42.8 Å². The molecule has 0 saturated carbocycles. The van der Waals surface area contributed by atoms with Gasteiger partial charge in [0.1, 0.15) is 24.0 Å². The molecule has 0 fully saturated rings. The van der Waals surface area contributed by atoms with E-state index in [1.807, 2.05) is 26.8 Å². The number of ether oxygens (including phenoxy) is 3. The Kier molecular flexibility index (Phi) is 8.23. The fourth-order valence-corrected chi connectivity index (χ4v) is 4.64. The van der Waals surface area contributed by atoms with Crippen molar-refractivity contribution in [3.05, 3.63) is 57.1 Å². The summed E-state index contributed by atoms with van der Waals surface area (Å²) < 4.78 is 17.4. The van der Waals surface area contributed by atoms with E-state index in [0.29, 0.717) is 51.1 Å². The van der Waals surface area contributed by atoms with E-state index in [1.165, 1.54) is 16.8 Å². The summed E-state index contributed by atoms with van der Waals surface area (Å²) in [5, 5.41) is 16.4. The Bertz CT molecular complexity index is 1310. The third kappa shape index (κ3) is 5.69. The van der Waals surface area contributed by atoms with Gasteiger partial charge in [0.25, 0.3) is 5.91 Å². The van der Waals surface area contributed by atoms with E-state index in [1.54, 1.807) is 30.3 Å². The zero-order valence-electron chi connectivity index (χ0n) is 19.9. The molecule has 8 nitrogen and oxygen atoms in total. The molecule has 2 aliphatic rings. The molecule has 11 heteroatoms. The van der Waals surface area contributed by atoms with Crippen LogP contribution in [0.1, 0.15) is 31.4 Å². The Labute approximate surface area is 223 Å². The molecule has 0 aliphatic carbocycles. The summed E-state index contributed by atoms with van der Waals surface area (Å²) in [6, 6.07) is 8.79. The van der Waals surface area contributed by atoms with Crippen molar-refractivity contribution in [2.45, 2.75) is 27.2 Å². The number of hydrogen-bond acceptors (Lipinski definition) is 7. The van der Waals surface area contributed by atoms with E-state index in [9.17, 15) is 4.79 Å². The van der Waals surface area contributed by atoms with Gasteiger partial charge in [0.2, 0.25) is 5.17 Å². The third-order valence-electron chi connectivity index (χ3n) is 5.17. The number of aryl methyl sites for hydroxylation is 1. The van der Waals surface area contributed by atoms with Gasteiger partial charge < -0.3 is 14.2 Å². The van der Waals surface area contributed by atoms with Gasteiger partial charge in [-0.2, -0.15) is 15.1 Å². The van der Waals surface area contributed by atoms with E-state index < -0.39 is 5.91 Å². The van der Waals surface area contributed by atoms with Crippen LogP contribution in [0.5, 0.6) is 17.2 Å². The van der Waals surface area contributed by atoms with Crippen LogP contribution in [0.2, 0.25) is 10.0 Å². The molecule has 0 radical (unpaired) electrons. The molecule has 2 aromatic rings. The maximum Gasteiger partial charge on any atom is 0.283 e. The van der Waals surface area contributed by atoms with Crippen molar-refractivity contribution in [3.63, 3.8) is 0 Å². The van der Waals surface area contributed by atoms with E-state index in [0.717, 1.165) is 10.6 Å². The molecule has 4 rings (SSSR count). The van der Waals surface area contributed by atoms with Gasteiger partial charge in [-0.25, -0.2) is 0 Å². The number of carbonyl (C=O) groups excluding carboxylic acids is 1.